The average molecular weight is 190 g/mol. The van der Waals surface area contributed by atoms with E-state index in [9.17, 15) is 0 Å². The van der Waals surface area contributed by atoms with Crippen LogP contribution in [-0.4, -0.2) is 43.8 Å². The second kappa shape index (κ2) is 5.59. The summed E-state index contributed by atoms with van der Waals surface area (Å²) >= 11 is 4.86. The van der Waals surface area contributed by atoms with Gasteiger partial charge >= 0.3 is 5.96 Å². The molecule has 0 aliphatic carbocycles. The van der Waals surface area contributed by atoms with Crippen molar-refractivity contribution in [3.05, 3.63) is 0 Å². The molecule has 0 unspecified atom stereocenters. The Hall–Kier alpha value is -1.04. The van der Waals surface area contributed by atoms with E-state index >= 15 is 0 Å². The smallest absolute Gasteiger partial charge is 0.364 e. The van der Waals surface area contributed by atoms with Crippen molar-refractivity contribution >= 4 is 23.3 Å². The molecule has 0 saturated carbocycles. The molecule has 70 valence electrons. The van der Waals surface area contributed by atoms with Crippen LogP contribution in [0.3, 0.4) is 0 Å². The monoisotopic (exact) mass is 190 g/mol. The summed E-state index contributed by atoms with van der Waals surface area (Å²) in [7, 11) is 7.42. The Balaban J connectivity index is 3.91. The quantitative estimate of drug-likeness (QED) is 0.122. The van der Waals surface area contributed by atoms with Gasteiger partial charge in [-0.25, -0.2) is 5.43 Å². The van der Waals surface area contributed by atoms with Crippen LogP contribution >= 0.6 is 12.2 Å². The summed E-state index contributed by atoms with van der Waals surface area (Å²) < 4.78 is 1.89. The van der Waals surface area contributed by atoms with Crippen molar-refractivity contribution < 1.29 is 4.58 Å². The van der Waals surface area contributed by atoms with Crippen LogP contribution in [0.2, 0.25) is 0 Å². The lowest BCUT2D eigenvalue weighted by Crippen LogP contribution is -2.52. The van der Waals surface area contributed by atoms with Crippen LogP contribution in [0, 0.1) is 0 Å². The van der Waals surface area contributed by atoms with Crippen molar-refractivity contribution in [1.29, 1.82) is 0 Å². The Bertz CT molecular complexity index is 184. The molecule has 5 nitrogen and oxygen atoms in total. The molecule has 0 fully saturated rings. The standard InChI is InChI=1S/C6H15N5S/c1-7-5(11(3)4)9-10-6(12)8-2/h1-4H3,(H3,7,8,9,10,12)/p+1. The molecule has 0 spiro atoms. The molecule has 0 bridgehead atoms. The predicted molar refractivity (Wildman–Crippen MR) is 54.1 cm³/mol. The predicted octanol–water partition coefficient (Wildman–Crippen LogP) is -1.57. The minimum atomic E-state index is 0.546. The molecule has 0 radical (unpaired) electrons. The van der Waals surface area contributed by atoms with Gasteiger partial charge in [-0.2, -0.15) is 5.43 Å². The number of nitrogens with zero attached hydrogens (tertiary/aromatic N) is 1. The highest BCUT2D eigenvalue weighted by Crippen LogP contribution is 1.62. The van der Waals surface area contributed by atoms with Gasteiger partial charge in [0, 0.05) is 7.05 Å². The number of rotatable bonds is 0. The van der Waals surface area contributed by atoms with Crippen molar-refractivity contribution in [2.24, 2.45) is 0 Å². The molecule has 0 saturated heterocycles. The molecule has 0 aliphatic rings. The lowest BCUT2D eigenvalue weighted by atomic mass is 10.8. The Labute approximate surface area is 78.2 Å². The summed E-state index contributed by atoms with van der Waals surface area (Å²) in [6.45, 7) is 0. The third-order valence-electron chi connectivity index (χ3n) is 1.21. The van der Waals surface area contributed by atoms with Crippen LogP contribution in [0.25, 0.3) is 0 Å². The fourth-order valence-corrected chi connectivity index (χ4v) is 0.627. The lowest BCUT2D eigenvalue weighted by molar-refractivity contribution is -0.469. The number of hydrogen-bond acceptors (Lipinski definition) is 1. The number of hydrazine groups is 1. The van der Waals surface area contributed by atoms with E-state index in [4.69, 9.17) is 12.2 Å². The summed E-state index contributed by atoms with van der Waals surface area (Å²) in [6, 6.07) is 0. The number of guanidine groups is 1. The molecule has 0 aromatic heterocycles. The minimum absolute atomic E-state index is 0.546. The van der Waals surface area contributed by atoms with E-state index in [1.54, 1.807) is 7.05 Å². The van der Waals surface area contributed by atoms with Crippen molar-refractivity contribution in [2.75, 3.05) is 28.2 Å². The maximum atomic E-state index is 4.86. The van der Waals surface area contributed by atoms with Gasteiger partial charge in [-0.15, -0.1) is 0 Å². The highest BCUT2D eigenvalue weighted by Gasteiger charge is 2.03. The van der Waals surface area contributed by atoms with E-state index in [2.05, 4.69) is 21.5 Å². The number of hydrogen-bond donors (Lipinski definition) is 4. The molecule has 12 heavy (non-hydrogen) atoms. The van der Waals surface area contributed by atoms with E-state index in [0.29, 0.717) is 5.11 Å². The Morgan fingerprint density at radius 2 is 1.67 bits per heavy atom. The molecular formula is C6H16N5S+. The first-order valence-corrected chi connectivity index (χ1v) is 3.98. The van der Waals surface area contributed by atoms with Gasteiger partial charge in [-0.1, -0.05) is 0 Å². The summed E-state index contributed by atoms with van der Waals surface area (Å²) in [5.74, 6) is 0.840. The van der Waals surface area contributed by atoms with Crippen LogP contribution in [0.1, 0.15) is 0 Å². The highest BCUT2D eigenvalue weighted by atomic mass is 32.1. The van der Waals surface area contributed by atoms with E-state index < -0.39 is 0 Å². The van der Waals surface area contributed by atoms with Gasteiger partial charge in [0.05, 0.1) is 21.1 Å². The maximum absolute atomic E-state index is 4.86. The molecule has 0 rings (SSSR count). The van der Waals surface area contributed by atoms with Crippen molar-refractivity contribution in [3.63, 3.8) is 0 Å². The largest absolute Gasteiger partial charge is 0.367 e. The maximum Gasteiger partial charge on any atom is 0.367 e. The zero-order valence-corrected chi connectivity index (χ0v) is 8.67. The average Bonchev–Trinajstić information content (AvgIpc) is 2.04. The van der Waals surface area contributed by atoms with Crippen molar-refractivity contribution in [2.45, 2.75) is 0 Å². The van der Waals surface area contributed by atoms with Crippen LogP contribution in [0.4, 0.5) is 0 Å². The van der Waals surface area contributed by atoms with E-state index in [0.717, 1.165) is 5.96 Å². The number of thiocarbonyl (C=S) groups is 1. The molecule has 0 heterocycles. The van der Waals surface area contributed by atoms with Gasteiger partial charge < -0.3 is 5.32 Å². The molecular weight excluding hydrogens is 174 g/mol. The molecule has 0 amide bonds. The van der Waals surface area contributed by atoms with Crippen LogP contribution < -0.4 is 21.5 Å². The fourth-order valence-electron chi connectivity index (χ4n) is 0.576. The van der Waals surface area contributed by atoms with Gasteiger partial charge in [-0.05, 0) is 12.2 Å². The zero-order chi connectivity index (χ0) is 9.56. The van der Waals surface area contributed by atoms with Gasteiger partial charge in [0.2, 0.25) is 0 Å². The van der Waals surface area contributed by atoms with Crippen molar-refractivity contribution in [3.8, 4) is 0 Å². The normalized spacial score (nSPS) is 8.33. The van der Waals surface area contributed by atoms with Gasteiger partial charge in [0.25, 0.3) is 0 Å². The first-order valence-electron chi connectivity index (χ1n) is 3.57. The SMILES string of the molecule is CNC(=S)NNC(NC)=[N+](C)C. The van der Waals surface area contributed by atoms with E-state index in [1.807, 2.05) is 25.7 Å². The summed E-state index contributed by atoms with van der Waals surface area (Å²) in [4.78, 5) is 0. The van der Waals surface area contributed by atoms with Gasteiger partial charge in [0.15, 0.2) is 5.11 Å². The summed E-state index contributed by atoms with van der Waals surface area (Å²) in [6.07, 6.45) is 0. The summed E-state index contributed by atoms with van der Waals surface area (Å²) in [5, 5.41) is 6.29. The van der Waals surface area contributed by atoms with E-state index in [1.165, 1.54) is 0 Å². The minimum Gasteiger partial charge on any atom is -0.364 e. The molecule has 0 aromatic rings. The van der Waals surface area contributed by atoms with Gasteiger partial charge in [0.1, 0.15) is 0 Å². The van der Waals surface area contributed by atoms with E-state index in [-0.39, 0.29) is 0 Å². The molecule has 0 aliphatic heterocycles. The molecule has 4 N–H and O–H groups in total. The fraction of sp³-hybridized carbons (Fsp3) is 0.667. The Kier molecular flexibility index (Phi) is 5.11. The Morgan fingerprint density at radius 3 is 2.00 bits per heavy atom. The molecule has 0 aromatic carbocycles. The van der Waals surface area contributed by atoms with Gasteiger partial charge in [-0.3, -0.25) is 9.89 Å². The van der Waals surface area contributed by atoms with Crippen LogP contribution in [-0.2, 0) is 0 Å². The first kappa shape index (κ1) is 11.0. The second-order valence-electron chi connectivity index (χ2n) is 2.32. The summed E-state index contributed by atoms with van der Waals surface area (Å²) in [5.41, 5.74) is 5.69. The zero-order valence-electron chi connectivity index (χ0n) is 7.86. The third kappa shape index (κ3) is 3.97. The highest BCUT2D eigenvalue weighted by molar-refractivity contribution is 7.80. The van der Waals surface area contributed by atoms with Crippen LogP contribution in [0.5, 0.6) is 0 Å². The lowest BCUT2D eigenvalue weighted by Gasteiger charge is -2.07. The second-order valence-corrected chi connectivity index (χ2v) is 2.73. The third-order valence-corrected chi connectivity index (χ3v) is 1.51. The van der Waals surface area contributed by atoms with Crippen LogP contribution in [0.15, 0.2) is 0 Å². The topological polar surface area (TPSA) is 51.1 Å². The molecule has 0 atom stereocenters. The number of nitrogens with one attached hydrogen (secondary N) is 4. The first-order chi connectivity index (χ1) is 5.61. The Morgan fingerprint density at radius 1 is 1.08 bits per heavy atom. The van der Waals surface area contributed by atoms with Crippen molar-refractivity contribution in [1.82, 2.24) is 21.5 Å². The molecule has 6 heteroatoms.